The highest BCUT2D eigenvalue weighted by Gasteiger charge is 2.38. The number of nitrogens with one attached hydrogen (secondary N) is 4. The summed E-state index contributed by atoms with van der Waals surface area (Å²) in [5.41, 5.74) is 12.6. The van der Waals surface area contributed by atoms with Crippen molar-refractivity contribution >= 4 is 39.5 Å². The molecule has 0 unspecified atom stereocenters. The standard InChI is InChI=1S/C19H24N6O3S.2C2HF3O2/c20-18(21)14-8-6-13(7-9-14)12-24-17(26)5-2-10-25-29(27,28)16-4-1-3-15(11-16)19(22)23;2*3-2(4,5)1(6)7/h1,3-4,6-9,11,25H,2,5,10,12H2,(H3,20,21)(H3,22,23)(H,24,26);2*(H,6,7). The fraction of sp³-hybridized carbons (Fsp3) is 0.261. The summed E-state index contributed by atoms with van der Waals surface area (Å²) in [6.07, 6.45) is -9.66. The molecule has 0 aromatic heterocycles. The van der Waals surface area contributed by atoms with E-state index >= 15 is 0 Å². The Morgan fingerprint density at radius 1 is 0.814 bits per heavy atom. The molecule has 13 nitrogen and oxygen atoms in total. The molecule has 10 N–H and O–H groups in total. The zero-order valence-electron chi connectivity index (χ0n) is 21.7. The van der Waals surface area contributed by atoms with Crippen LogP contribution in [0, 0.1) is 10.8 Å². The maximum atomic E-state index is 12.3. The molecule has 0 atom stereocenters. The number of nitrogens with two attached hydrogens (primary N) is 2. The van der Waals surface area contributed by atoms with Crippen LogP contribution in [0.4, 0.5) is 26.3 Å². The Hall–Kier alpha value is -4.72. The molecule has 0 spiro atoms. The molecule has 20 heteroatoms. The summed E-state index contributed by atoms with van der Waals surface area (Å²) in [6.45, 7) is 0.438. The molecule has 0 aliphatic rings. The summed E-state index contributed by atoms with van der Waals surface area (Å²) < 4.78 is 90.5. The van der Waals surface area contributed by atoms with E-state index in [0.717, 1.165) is 5.56 Å². The first kappa shape index (κ1) is 38.3. The van der Waals surface area contributed by atoms with Crippen molar-refractivity contribution in [3.63, 3.8) is 0 Å². The van der Waals surface area contributed by atoms with Crippen LogP contribution < -0.4 is 21.5 Å². The van der Waals surface area contributed by atoms with Crippen LogP contribution in [0.5, 0.6) is 0 Å². The van der Waals surface area contributed by atoms with Gasteiger partial charge in [-0.25, -0.2) is 22.7 Å². The second-order valence-electron chi connectivity index (χ2n) is 7.94. The van der Waals surface area contributed by atoms with Crippen molar-refractivity contribution in [3.8, 4) is 0 Å². The van der Waals surface area contributed by atoms with Crippen molar-refractivity contribution in [2.24, 2.45) is 11.5 Å². The van der Waals surface area contributed by atoms with Crippen molar-refractivity contribution in [1.29, 1.82) is 10.8 Å². The quantitative estimate of drug-likeness (QED) is 0.0813. The maximum Gasteiger partial charge on any atom is 0.490 e. The van der Waals surface area contributed by atoms with Crippen LogP contribution in [0.15, 0.2) is 53.4 Å². The van der Waals surface area contributed by atoms with Gasteiger partial charge in [0.15, 0.2) is 0 Å². The molecule has 0 radical (unpaired) electrons. The van der Waals surface area contributed by atoms with Crippen molar-refractivity contribution in [2.75, 3.05) is 6.54 Å². The molecule has 1 amide bonds. The Kier molecular flexibility index (Phi) is 14.8. The number of carboxylic acid groups (broad SMARTS) is 2. The van der Waals surface area contributed by atoms with Crippen LogP contribution in [0.3, 0.4) is 0 Å². The van der Waals surface area contributed by atoms with Gasteiger partial charge in [0.25, 0.3) is 0 Å². The summed E-state index contributed by atoms with van der Waals surface area (Å²) in [5.74, 6) is -5.94. The molecule has 0 heterocycles. The monoisotopic (exact) mass is 644 g/mol. The average molecular weight is 645 g/mol. The van der Waals surface area contributed by atoms with Gasteiger partial charge in [-0.1, -0.05) is 36.4 Å². The number of hydrogen-bond acceptors (Lipinski definition) is 7. The van der Waals surface area contributed by atoms with Crippen LogP contribution in [0.1, 0.15) is 29.5 Å². The lowest BCUT2D eigenvalue weighted by molar-refractivity contribution is -0.193. The van der Waals surface area contributed by atoms with Crippen LogP contribution in [-0.4, -0.2) is 67.0 Å². The average Bonchev–Trinajstić information content (AvgIpc) is 2.90. The fourth-order valence-corrected chi connectivity index (χ4v) is 3.58. The van der Waals surface area contributed by atoms with Gasteiger partial charge in [-0.3, -0.25) is 15.6 Å². The number of halogens is 6. The molecule has 2 rings (SSSR count). The number of carbonyl (C=O) groups is 3. The molecule has 2 aromatic rings. The molecule has 0 aliphatic heterocycles. The molecule has 0 aliphatic carbocycles. The summed E-state index contributed by atoms with van der Waals surface area (Å²) in [5, 5.41) is 31.7. The van der Waals surface area contributed by atoms with Gasteiger partial charge in [-0.05, 0) is 24.1 Å². The van der Waals surface area contributed by atoms with Gasteiger partial charge in [-0.15, -0.1) is 0 Å². The number of rotatable bonds is 10. The zero-order valence-corrected chi connectivity index (χ0v) is 22.5. The third-order valence-electron chi connectivity index (χ3n) is 4.57. The van der Waals surface area contributed by atoms with Gasteiger partial charge in [0.2, 0.25) is 15.9 Å². The van der Waals surface area contributed by atoms with Gasteiger partial charge >= 0.3 is 24.3 Å². The number of carboxylic acids is 2. The predicted octanol–water partition coefficient (Wildman–Crippen LogP) is 1.90. The minimum absolute atomic E-state index is 0.0173. The Morgan fingerprint density at radius 2 is 1.28 bits per heavy atom. The highest BCUT2D eigenvalue weighted by molar-refractivity contribution is 7.89. The molecule has 0 bridgehead atoms. The first-order valence-electron chi connectivity index (χ1n) is 11.3. The number of sulfonamides is 1. The van der Waals surface area contributed by atoms with Crippen molar-refractivity contribution in [2.45, 2.75) is 36.6 Å². The minimum atomic E-state index is -5.08. The Labute approximate surface area is 239 Å². The topological polar surface area (TPSA) is 250 Å². The lowest BCUT2D eigenvalue weighted by Gasteiger charge is -2.09. The summed E-state index contributed by atoms with van der Waals surface area (Å²) in [6, 6.07) is 12.8. The molecule has 43 heavy (non-hydrogen) atoms. The van der Waals surface area contributed by atoms with Crippen molar-refractivity contribution in [1.82, 2.24) is 10.0 Å². The molecule has 0 saturated carbocycles. The van der Waals surface area contributed by atoms with Gasteiger partial charge < -0.3 is 27.0 Å². The van der Waals surface area contributed by atoms with Gasteiger partial charge in [0.05, 0.1) is 4.90 Å². The SMILES string of the molecule is N=C(N)c1ccc(CNC(=O)CCCNS(=O)(=O)c2cccc(C(=N)N)c2)cc1.O=C(O)C(F)(F)F.O=C(O)C(F)(F)F. The van der Waals surface area contributed by atoms with Gasteiger partial charge in [0.1, 0.15) is 11.7 Å². The number of amidine groups is 2. The van der Waals surface area contributed by atoms with E-state index in [1.54, 1.807) is 30.3 Å². The van der Waals surface area contributed by atoms with Crippen molar-refractivity contribution in [3.05, 3.63) is 65.2 Å². The number of aliphatic carboxylic acids is 2. The number of carbonyl (C=O) groups excluding carboxylic acids is 1. The highest BCUT2D eigenvalue weighted by Crippen LogP contribution is 2.14. The molecular weight excluding hydrogens is 618 g/mol. The van der Waals surface area contributed by atoms with Crippen LogP contribution in [0.25, 0.3) is 0 Å². The van der Waals surface area contributed by atoms with Crippen LogP contribution in [0.2, 0.25) is 0 Å². The molecule has 2 aromatic carbocycles. The summed E-state index contributed by atoms with van der Waals surface area (Å²) in [4.78, 5) is 29.7. The first-order chi connectivity index (χ1) is 19.6. The lowest BCUT2D eigenvalue weighted by Crippen LogP contribution is -2.27. The first-order valence-corrected chi connectivity index (χ1v) is 12.8. The van der Waals surface area contributed by atoms with E-state index < -0.39 is 34.3 Å². The molecular formula is C23H26F6N6O7S. The molecule has 0 fully saturated rings. The van der Waals surface area contributed by atoms with E-state index in [9.17, 15) is 39.6 Å². The number of hydrogen-bond donors (Lipinski definition) is 8. The Bertz CT molecular complexity index is 1370. The second kappa shape index (κ2) is 16.7. The van der Waals surface area contributed by atoms with E-state index in [0.29, 0.717) is 24.1 Å². The van der Waals surface area contributed by atoms with Gasteiger partial charge in [0, 0.05) is 30.6 Å². The van der Waals surface area contributed by atoms with Crippen molar-refractivity contribution < 1.29 is 59.4 Å². The zero-order chi connectivity index (χ0) is 33.6. The number of alkyl halides is 6. The van der Waals surface area contributed by atoms with E-state index in [1.165, 1.54) is 18.2 Å². The largest absolute Gasteiger partial charge is 0.490 e. The smallest absolute Gasteiger partial charge is 0.475 e. The second-order valence-corrected chi connectivity index (χ2v) is 9.70. The van der Waals surface area contributed by atoms with E-state index in [2.05, 4.69) is 10.0 Å². The third kappa shape index (κ3) is 15.7. The van der Waals surface area contributed by atoms with Crippen LogP contribution in [-0.2, 0) is 31.0 Å². The Morgan fingerprint density at radius 3 is 1.70 bits per heavy atom. The normalized spacial score (nSPS) is 11.1. The Balaban J connectivity index is 0.00000104. The highest BCUT2D eigenvalue weighted by atomic mass is 32.2. The summed E-state index contributed by atoms with van der Waals surface area (Å²) in [7, 11) is -3.74. The molecule has 238 valence electrons. The maximum absolute atomic E-state index is 12.3. The fourth-order valence-electron chi connectivity index (χ4n) is 2.46. The molecule has 0 saturated heterocycles. The predicted molar refractivity (Wildman–Crippen MR) is 139 cm³/mol. The number of nitrogen functional groups attached to an aromatic ring is 2. The van der Waals surface area contributed by atoms with Gasteiger partial charge in [-0.2, -0.15) is 26.3 Å². The number of benzene rings is 2. The van der Waals surface area contributed by atoms with Crippen LogP contribution >= 0.6 is 0 Å². The van der Waals surface area contributed by atoms with E-state index in [1.807, 2.05) is 0 Å². The third-order valence-corrected chi connectivity index (χ3v) is 6.03. The summed E-state index contributed by atoms with van der Waals surface area (Å²) >= 11 is 0. The van der Waals surface area contributed by atoms with E-state index in [-0.39, 0.29) is 35.4 Å². The number of amides is 1. The van der Waals surface area contributed by atoms with E-state index in [4.69, 9.17) is 42.1 Å². The lowest BCUT2D eigenvalue weighted by atomic mass is 10.1. The minimum Gasteiger partial charge on any atom is -0.475 e.